The van der Waals surface area contributed by atoms with Gasteiger partial charge in [-0.05, 0) is 42.3 Å². The lowest BCUT2D eigenvalue weighted by molar-refractivity contribution is -0.122. The highest BCUT2D eigenvalue weighted by molar-refractivity contribution is 7.17. The number of carbonyl (C=O) groups is 1. The van der Waals surface area contributed by atoms with Crippen molar-refractivity contribution in [3.05, 3.63) is 75.9 Å². The molecule has 0 radical (unpaired) electrons. The van der Waals surface area contributed by atoms with Crippen LogP contribution in [0.1, 0.15) is 18.5 Å². The SMILES string of the molecule is CC(NC(=O)Cn1cnc2scc(-c3ccc(F)cc3)c2c1=O)c1ccc2c(c1)OCCO2. The monoisotopic (exact) mass is 465 g/mol. The van der Waals surface area contributed by atoms with Crippen molar-refractivity contribution in [3.8, 4) is 22.6 Å². The minimum absolute atomic E-state index is 0.171. The second-order valence-electron chi connectivity index (χ2n) is 7.71. The lowest BCUT2D eigenvalue weighted by Crippen LogP contribution is -2.34. The molecular weight excluding hydrogens is 445 g/mol. The second kappa shape index (κ2) is 8.67. The highest BCUT2D eigenvalue weighted by Crippen LogP contribution is 2.33. The Morgan fingerprint density at radius 1 is 1.18 bits per heavy atom. The smallest absolute Gasteiger partial charge is 0.263 e. The summed E-state index contributed by atoms with van der Waals surface area (Å²) in [7, 11) is 0. The Bertz CT molecular complexity index is 1400. The number of benzene rings is 2. The predicted molar refractivity (Wildman–Crippen MR) is 123 cm³/mol. The van der Waals surface area contributed by atoms with Crippen molar-refractivity contribution < 1.29 is 18.7 Å². The van der Waals surface area contributed by atoms with E-state index in [1.807, 2.05) is 30.5 Å². The fourth-order valence-electron chi connectivity index (χ4n) is 3.78. The van der Waals surface area contributed by atoms with Gasteiger partial charge in [0.25, 0.3) is 5.56 Å². The molecule has 1 unspecified atom stereocenters. The summed E-state index contributed by atoms with van der Waals surface area (Å²) >= 11 is 1.33. The van der Waals surface area contributed by atoms with Gasteiger partial charge in [-0.3, -0.25) is 14.2 Å². The number of hydrogen-bond donors (Lipinski definition) is 1. The number of halogens is 1. The maximum atomic E-state index is 13.3. The molecule has 7 nitrogen and oxygen atoms in total. The first-order chi connectivity index (χ1) is 16.0. The zero-order chi connectivity index (χ0) is 22.9. The van der Waals surface area contributed by atoms with Crippen LogP contribution in [-0.2, 0) is 11.3 Å². The first-order valence-electron chi connectivity index (χ1n) is 10.4. The van der Waals surface area contributed by atoms with E-state index in [9.17, 15) is 14.0 Å². The normalized spacial score (nSPS) is 13.6. The van der Waals surface area contributed by atoms with E-state index in [0.29, 0.717) is 40.5 Å². The van der Waals surface area contributed by atoms with Gasteiger partial charge in [-0.25, -0.2) is 9.37 Å². The van der Waals surface area contributed by atoms with Crippen LogP contribution >= 0.6 is 11.3 Å². The van der Waals surface area contributed by atoms with Gasteiger partial charge in [-0.2, -0.15) is 0 Å². The third-order valence-electron chi connectivity index (χ3n) is 5.47. The van der Waals surface area contributed by atoms with E-state index in [2.05, 4.69) is 10.3 Å². The number of amides is 1. The summed E-state index contributed by atoms with van der Waals surface area (Å²) in [6, 6.07) is 11.2. The molecule has 9 heteroatoms. The zero-order valence-corrected chi connectivity index (χ0v) is 18.5. The Kier molecular flexibility index (Phi) is 5.55. The fraction of sp³-hybridized carbons (Fsp3) is 0.208. The van der Waals surface area contributed by atoms with Crippen LogP contribution in [0.25, 0.3) is 21.3 Å². The average Bonchev–Trinajstić information content (AvgIpc) is 3.26. The van der Waals surface area contributed by atoms with E-state index < -0.39 is 0 Å². The Labute approximate surface area is 192 Å². The molecule has 0 saturated heterocycles. The molecule has 1 N–H and O–H groups in total. The largest absolute Gasteiger partial charge is 0.486 e. The summed E-state index contributed by atoms with van der Waals surface area (Å²) in [6.07, 6.45) is 1.38. The van der Waals surface area contributed by atoms with Crippen molar-refractivity contribution in [3.63, 3.8) is 0 Å². The minimum atomic E-state index is -0.349. The van der Waals surface area contributed by atoms with E-state index in [0.717, 1.165) is 11.1 Å². The average molecular weight is 466 g/mol. The predicted octanol–water partition coefficient (Wildman–Crippen LogP) is 3.91. The molecule has 0 fully saturated rings. The molecule has 1 amide bonds. The number of carbonyl (C=O) groups excluding carboxylic acids is 1. The Hall–Kier alpha value is -3.72. The summed E-state index contributed by atoms with van der Waals surface area (Å²) < 4.78 is 25.7. The maximum Gasteiger partial charge on any atom is 0.263 e. The van der Waals surface area contributed by atoms with Crippen molar-refractivity contribution in [1.82, 2.24) is 14.9 Å². The van der Waals surface area contributed by atoms with Crippen LogP contribution in [-0.4, -0.2) is 28.7 Å². The number of hydrogen-bond acceptors (Lipinski definition) is 6. The lowest BCUT2D eigenvalue weighted by atomic mass is 10.1. The molecule has 0 spiro atoms. The van der Waals surface area contributed by atoms with E-state index in [1.54, 1.807) is 12.1 Å². The van der Waals surface area contributed by atoms with Crippen LogP contribution in [0.3, 0.4) is 0 Å². The van der Waals surface area contributed by atoms with Gasteiger partial charge < -0.3 is 14.8 Å². The minimum Gasteiger partial charge on any atom is -0.486 e. The molecule has 5 rings (SSSR count). The molecule has 1 aliphatic heterocycles. The van der Waals surface area contributed by atoms with Gasteiger partial charge in [-0.1, -0.05) is 18.2 Å². The van der Waals surface area contributed by atoms with Crippen LogP contribution in [0, 0.1) is 5.82 Å². The number of rotatable bonds is 5. The standard InChI is InChI=1S/C24H20FN3O4S/c1-14(16-4-7-19-20(10-16)32-9-8-31-19)27-21(29)11-28-13-26-23-22(24(28)30)18(12-33-23)15-2-5-17(25)6-3-15/h2-7,10,12-14H,8-9,11H2,1H3,(H,27,29). The first kappa shape index (κ1) is 21.1. The molecule has 0 aliphatic carbocycles. The Balaban J connectivity index is 1.36. The summed E-state index contributed by atoms with van der Waals surface area (Å²) in [4.78, 5) is 30.8. The van der Waals surface area contributed by atoms with Crippen LogP contribution in [0.4, 0.5) is 4.39 Å². The second-order valence-corrected chi connectivity index (χ2v) is 8.56. The van der Waals surface area contributed by atoms with Gasteiger partial charge in [0.2, 0.25) is 5.91 Å². The first-order valence-corrected chi connectivity index (χ1v) is 11.3. The summed E-state index contributed by atoms with van der Waals surface area (Å²) in [6.45, 7) is 2.69. The third-order valence-corrected chi connectivity index (χ3v) is 6.36. The molecule has 3 heterocycles. The molecule has 4 aromatic rings. The molecule has 1 aliphatic rings. The van der Waals surface area contributed by atoms with Crippen molar-refractivity contribution >= 4 is 27.5 Å². The van der Waals surface area contributed by atoms with Crippen LogP contribution in [0.15, 0.2) is 59.0 Å². The molecule has 0 bridgehead atoms. The van der Waals surface area contributed by atoms with Gasteiger partial charge in [0.05, 0.1) is 17.8 Å². The van der Waals surface area contributed by atoms with E-state index in [4.69, 9.17) is 9.47 Å². The maximum absolute atomic E-state index is 13.3. The topological polar surface area (TPSA) is 82.5 Å². The van der Waals surface area contributed by atoms with E-state index in [1.165, 1.54) is 34.4 Å². The molecule has 2 aromatic heterocycles. The summed E-state index contributed by atoms with van der Waals surface area (Å²) in [5.41, 5.74) is 1.94. The Morgan fingerprint density at radius 3 is 2.73 bits per heavy atom. The molecule has 2 aromatic carbocycles. The van der Waals surface area contributed by atoms with Gasteiger partial charge in [0.1, 0.15) is 30.4 Å². The van der Waals surface area contributed by atoms with E-state index >= 15 is 0 Å². The zero-order valence-electron chi connectivity index (χ0n) is 17.7. The van der Waals surface area contributed by atoms with Crippen LogP contribution in [0.2, 0.25) is 0 Å². The van der Waals surface area contributed by atoms with Gasteiger partial charge in [-0.15, -0.1) is 11.3 Å². The number of nitrogens with zero attached hydrogens (tertiary/aromatic N) is 2. The highest BCUT2D eigenvalue weighted by Gasteiger charge is 2.18. The number of thiophene rings is 1. The van der Waals surface area contributed by atoms with Gasteiger partial charge in [0.15, 0.2) is 11.5 Å². The number of nitrogens with one attached hydrogen (secondary N) is 1. The molecule has 0 saturated carbocycles. The van der Waals surface area contributed by atoms with Crippen LogP contribution in [0.5, 0.6) is 11.5 Å². The molecule has 33 heavy (non-hydrogen) atoms. The third kappa shape index (κ3) is 4.19. The number of fused-ring (bicyclic) bond motifs is 2. The summed E-state index contributed by atoms with van der Waals surface area (Å²) in [5.74, 6) is 0.663. The number of ether oxygens (including phenoxy) is 2. The van der Waals surface area contributed by atoms with E-state index in [-0.39, 0.29) is 29.9 Å². The summed E-state index contributed by atoms with van der Waals surface area (Å²) in [5, 5.41) is 5.15. The van der Waals surface area contributed by atoms with Crippen molar-refractivity contribution in [2.45, 2.75) is 19.5 Å². The fourth-order valence-corrected chi connectivity index (χ4v) is 4.68. The van der Waals surface area contributed by atoms with Crippen molar-refractivity contribution in [1.29, 1.82) is 0 Å². The quantitative estimate of drug-likeness (QED) is 0.483. The molecular formula is C24H20FN3O4S. The molecule has 1 atom stereocenters. The Morgan fingerprint density at radius 2 is 1.94 bits per heavy atom. The van der Waals surface area contributed by atoms with Crippen molar-refractivity contribution in [2.75, 3.05) is 13.2 Å². The highest BCUT2D eigenvalue weighted by atomic mass is 32.1. The number of aromatic nitrogens is 2. The van der Waals surface area contributed by atoms with Gasteiger partial charge in [0, 0.05) is 10.9 Å². The van der Waals surface area contributed by atoms with Crippen LogP contribution < -0.4 is 20.3 Å². The van der Waals surface area contributed by atoms with Gasteiger partial charge >= 0.3 is 0 Å². The molecule has 168 valence electrons. The van der Waals surface area contributed by atoms with Crippen molar-refractivity contribution in [2.24, 2.45) is 0 Å². The lowest BCUT2D eigenvalue weighted by Gasteiger charge is -2.21.